The lowest BCUT2D eigenvalue weighted by Crippen LogP contribution is -2.55. The maximum absolute atomic E-state index is 14.2. The summed E-state index contributed by atoms with van der Waals surface area (Å²) in [5.74, 6) is 6.81. The zero-order valence-electron chi connectivity index (χ0n) is 25.2. The van der Waals surface area contributed by atoms with Crippen molar-refractivity contribution in [1.82, 2.24) is 0 Å². The topological polar surface area (TPSA) is 40.0 Å². The maximum atomic E-state index is 14.2. The van der Waals surface area contributed by atoms with Crippen LogP contribution in [0.2, 0.25) is 0 Å². The average Bonchev–Trinajstić information content (AvgIpc) is 2.86. The molecule has 0 heterocycles. The van der Waals surface area contributed by atoms with Crippen LogP contribution in [-0.2, 0) is 13.6 Å². The number of rotatable bonds is 7. The molecule has 13 rings (SSSR count). The third-order valence-electron chi connectivity index (χ3n) is 13.9. The molecule has 12 aliphatic rings. The van der Waals surface area contributed by atoms with Crippen molar-refractivity contribution >= 4 is 13.4 Å². The first-order valence-corrected chi connectivity index (χ1v) is 19.3. The minimum absolute atomic E-state index is 0.170. The van der Waals surface area contributed by atoms with Crippen LogP contribution in [0.25, 0.3) is 0 Å². The number of hydrogen-bond donors (Lipinski definition) is 0. The van der Waals surface area contributed by atoms with Gasteiger partial charge in [0.1, 0.15) is 5.82 Å². The standard InChI is InChI=1S/C36H49FNO3P/c37-32-1-3-33(4-2-32)38-42(39-34-14-23-5-24(15-34)7-25(6-23)16-34,40-35-17-26-8-27(18-35)10-28(9-26)19-35)41-36-20-29-11-30(21-36)13-31(12-29)22-36/h1-4,23-31H,5-22H2. The fourth-order valence-electron chi connectivity index (χ4n) is 13.9. The molecule has 42 heavy (non-hydrogen) atoms. The van der Waals surface area contributed by atoms with Gasteiger partial charge in [-0.1, -0.05) is 0 Å². The molecule has 4 nitrogen and oxygen atoms in total. The molecule has 0 atom stereocenters. The second-order valence-electron chi connectivity index (χ2n) is 17.6. The Kier molecular flexibility index (Phi) is 5.78. The molecule has 12 aliphatic carbocycles. The molecule has 0 amide bonds. The molecule has 0 spiro atoms. The van der Waals surface area contributed by atoms with Crippen molar-refractivity contribution in [1.29, 1.82) is 0 Å². The highest BCUT2D eigenvalue weighted by Crippen LogP contribution is 2.73. The van der Waals surface area contributed by atoms with Gasteiger partial charge in [-0.3, -0.25) is 13.6 Å². The summed E-state index contributed by atoms with van der Waals surface area (Å²) in [4.78, 5) is 0. The minimum Gasteiger partial charge on any atom is -0.296 e. The van der Waals surface area contributed by atoms with Gasteiger partial charge in [-0.15, -0.1) is 0 Å². The third-order valence-corrected chi connectivity index (χ3v) is 16.3. The quantitative estimate of drug-likeness (QED) is 0.295. The molecule has 0 unspecified atom stereocenters. The zero-order valence-corrected chi connectivity index (χ0v) is 26.1. The summed E-state index contributed by atoms with van der Waals surface area (Å²) in [7, 11) is -3.18. The van der Waals surface area contributed by atoms with Crippen LogP contribution < -0.4 is 0 Å². The monoisotopic (exact) mass is 593 g/mol. The highest BCUT2D eigenvalue weighted by atomic mass is 31.2. The number of hydrogen-bond acceptors (Lipinski definition) is 4. The van der Waals surface area contributed by atoms with Crippen molar-refractivity contribution in [2.24, 2.45) is 58.0 Å². The van der Waals surface area contributed by atoms with Crippen LogP contribution in [0.1, 0.15) is 116 Å². The molecule has 0 saturated heterocycles. The summed E-state index contributed by atoms with van der Waals surface area (Å²) in [5.41, 5.74) is 0.258. The van der Waals surface area contributed by atoms with E-state index >= 15 is 0 Å². The maximum Gasteiger partial charge on any atom is 0.362 e. The predicted molar refractivity (Wildman–Crippen MR) is 161 cm³/mol. The summed E-state index contributed by atoms with van der Waals surface area (Å²) < 4.78 is 43.0. The lowest BCUT2D eigenvalue weighted by atomic mass is 9.54. The van der Waals surface area contributed by atoms with Crippen molar-refractivity contribution in [3.63, 3.8) is 0 Å². The van der Waals surface area contributed by atoms with Gasteiger partial charge >= 0.3 is 7.74 Å². The van der Waals surface area contributed by atoms with Crippen molar-refractivity contribution in [3.05, 3.63) is 30.1 Å². The Balaban J connectivity index is 1.11. The van der Waals surface area contributed by atoms with Gasteiger partial charge in [-0.25, -0.2) is 4.39 Å². The van der Waals surface area contributed by atoms with E-state index < -0.39 is 7.74 Å². The summed E-state index contributed by atoms with van der Waals surface area (Å²) >= 11 is 0. The van der Waals surface area contributed by atoms with E-state index in [1.807, 2.05) is 12.1 Å². The van der Waals surface area contributed by atoms with Gasteiger partial charge in [0.2, 0.25) is 0 Å². The molecule has 228 valence electrons. The Labute approximate surface area is 251 Å². The first-order chi connectivity index (χ1) is 20.3. The molecule has 0 aliphatic heterocycles. The van der Waals surface area contributed by atoms with Crippen molar-refractivity contribution < 1.29 is 18.0 Å². The Morgan fingerprint density at radius 2 is 0.738 bits per heavy atom. The largest absolute Gasteiger partial charge is 0.362 e. The first-order valence-electron chi connectivity index (χ1n) is 17.8. The van der Waals surface area contributed by atoms with E-state index in [4.69, 9.17) is 18.3 Å². The van der Waals surface area contributed by atoms with Crippen LogP contribution in [0.3, 0.4) is 0 Å². The lowest BCUT2D eigenvalue weighted by Gasteiger charge is -2.61. The zero-order chi connectivity index (χ0) is 27.7. The molecule has 1 aromatic rings. The van der Waals surface area contributed by atoms with E-state index in [0.29, 0.717) is 0 Å². The highest BCUT2D eigenvalue weighted by Gasteiger charge is 2.61. The van der Waals surface area contributed by atoms with Gasteiger partial charge in [0.05, 0.1) is 22.5 Å². The lowest BCUT2D eigenvalue weighted by molar-refractivity contribution is -0.171. The molecule has 0 N–H and O–H groups in total. The predicted octanol–water partition coefficient (Wildman–Crippen LogP) is 10.4. The second-order valence-corrected chi connectivity index (χ2v) is 19.3. The van der Waals surface area contributed by atoms with Crippen molar-refractivity contribution in [2.45, 2.75) is 132 Å². The molecule has 12 bridgehead atoms. The smallest absolute Gasteiger partial charge is 0.296 e. The molecule has 0 radical (unpaired) electrons. The fraction of sp³-hybridized carbons (Fsp3) is 0.833. The van der Waals surface area contributed by atoms with E-state index in [1.165, 1.54) is 57.8 Å². The molecular formula is C36H49FNO3P. The summed E-state index contributed by atoms with van der Waals surface area (Å²) in [6.07, 6.45) is 22.8. The number of halogens is 1. The minimum atomic E-state index is -3.18. The van der Waals surface area contributed by atoms with Gasteiger partial charge in [0, 0.05) is 0 Å². The van der Waals surface area contributed by atoms with Gasteiger partial charge in [0.25, 0.3) is 0 Å². The Bertz CT molecular complexity index is 1080. The van der Waals surface area contributed by atoms with Crippen molar-refractivity contribution in [2.75, 3.05) is 0 Å². The molecule has 12 fully saturated rings. The van der Waals surface area contributed by atoms with Gasteiger partial charge in [-0.05, 0) is 193 Å². The Morgan fingerprint density at radius 1 is 0.476 bits per heavy atom. The molecule has 0 aromatic heterocycles. The summed E-state index contributed by atoms with van der Waals surface area (Å²) in [5, 5.41) is 0. The van der Waals surface area contributed by atoms with Crippen LogP contribution >= 0.6 is 7.74 Å². The van der Waals surface area contributed by atoms with Crippen LogP contribution in [0.4, 0.5) is 10.1 Å². The summed E-state index contributed by atoms with van der Waals surface area (Å²) in [6, 6.07) is 6.76. The van der Waals surface area contributed by atoms with E-state index in [1.54, 1.807) is 12.1 Å². The van der Waals surface area contributed by atoms with Crippen LogP contribution in [0, 0.1) is 59.1 Å². The second kappa shape index (κ2) is 9.17. The van der Waals surface area contributed by atoms with E-state index in [-0.39, 0.29) is 22.6 Å². The van der Waals surface area contributed by atoms with Crippen LogP contribution in [0.15, 0.2) is 29.0 Å². The highest BCUT2D eigenvalue weighted by molar-refractivity contribution is 7.51. The number of benzene rings is 1. The number of nitrogens with zero attached hydrogens (tertiary/aromatic N) is 1. The van der Waals surface area contributed by atoms with Crippen LogP contribution in [0.5, 0.6) is 0 Å². The van der Waals surface area contributed by atoms with E-state index in [2.05, 4.69) is 0 Å². The molecular weight excluding hydrogens is 544 g/mol. The van der Waals surface area contributed by atoms with Gasteiger partial charge in [0.15, 0.2) is 0 Å². The Morgan fingerprint density at radius 3 is 1.00 bits per heavy atom. The molecule has 6 heteroatoms. The molecule has 12 saturated carbocycles. The SMILES string of the molecule is Fc1ccc(N=P(OC23CC4CC(CC(C4)C2)C3)(OC23CC4CC(CC(C4)C2)C3)OC23CC4CC(CC(C4)C2)C3)cc1. The van der Waals surface area contributed by atoms with E-state index in [9.17, 15) is 4.39 Å². The van der Waals surface area contributed by atoms with Crippen LogP contribution in [-0.4, -0.2) is 16.8 Å². The fourth-order valence-corrected chi connectivity index (χ4v) is 16.7. The van der Waals surface area contributed by atoms with Gasteiger partial charge in [-0.2, -0.15) is 4.74 Å². The third kappa shape index (κ3) is 4.48. The normalized spacial score (nSPS) is 52.2. The summed E-state index contributed by atoms with van der Waals surface area (Å²) in [6.45, 7) is 0. The van der Waals surface area contributed by atoms with E-state index in [0.717, 1.165) is 117 Å². The molecule has 1 aromatic carbocycles. The van der Waals surface area contributed by atoms with Crippen molar-refractivity contribution in [3.8, 4) is 0 Å². The first kappa shape index (κ1) is 26.5. The average molecular weight is 594 g/mol. The Hall–Kier alpha value is -0.740. The van der Waals surface area contributed by atoms with Gasteiger partial charge < -0.3 is 0 Å².